The van der Waals surface area contributed by atoms with Crippen LogP contribution in [-0.4, -0.2) is 17.3 Å². The molecule has 0 aliphatic rings. The molecule has 0 radical (unpaired) electrons. The summed E-state index contributed by atoms with van der Waals surface area (Å²) in [6.07, 6.45) is -1.22. The number of carbonyl (C=O) groups excluding carboxylic acids is 1. The van der Waals surface area contributed by atoms with Gasteiger partial charge in [-0.05, 0) is 41.2 Å². The Morgan fingerprint density at radius 1 is 1.17 bits per heavy atom. The smallest absolute Gasteiger partial charge is 0.407 e. The lowest BCUT2D eigenvalue weighted by molar-refractivity contribution is 0.141. The Kier molecular flexibility index (Phi) is 6.21. The molecule has 2 rings (SSSR count). The van der Waals surface area contributed by atoms with Crippen molar-refractivity contribution in [2.75, 3.05) is 6.29 Å². The van der Waals surface area contributed by atoms with Crippen molar-refractivity contribution in [2.24, 2.45) is 0 Å². The second kappa shape index (κ2) is 8.15. The molecule has 1 unspecified atom stereocenters. The van der Waals surface area contributed by atoms with E-state index in [2.05, 4.69) is 5.32 Å². The molecule has 0 aliphatic carbocycles. The van der Waals surface area contributed by atoms with E-state index in [-0.39, 0.29) is 6.61 Å². The van der Waals surface area contributed by atoms with Crippen molar-refractivity contribution in [1.29, 1.82) is 0 Å². The van der Waals surface area contributed by atoms with Crippen LogP contribution in [0.3, 0.4) is 0 Å². The zero-order chi connectivity index (χ0) is 16.7. The number of halogens is 1. The fraction of sp³-hybridized carbons (Fsp3) is 0.133. The van der Waals surface area contributed by atoms with Crippen LogP contribution in [0.1, 0.15) is 5.56 Å². The van der Waals surface area contributed by atoms with Gasteiger partial charge in [0.15, 0.2) is 0 Å². The van der Waals surface area contributed by atoms with Crippen molar-refractivity contribution < 1.29 is 23.4 Å². The Morgan fingerprint density at radius 2 is 1.83 bits per heavy atom. The van der Waals surface area contributed by atoms with Crippen LogP contribution < -0.4 is 5.32 Å². The highest BCUT2D eigenvalue weighted by Gasteiger charge is 2.21. The molecule has 0 aliphatic heterocycles. The molecule has 2 aromatic rings. The molecule has 5 nitrogen and oxygen atoms in total. The van der Waals surface area contributed by atoms with Gasteiger partial charge in [0.05, 0.1) is 0 Å². The van der Waals surface area contributed by atoms with Gasteiger partial charge in [0, 0.05) is 4.90 Å². The molecule has 1 amide bonds. The standard InChI is InChI=1S/C15H15FNO4PS/c16-13-6-8-14(9-7-13)23-22(19,20)11-17-15(18)21-10-12-4-2-1-3-5-12/h1-9H,10-11H2,(H,17,18)(H,19,20). The Balaban J connectivity index is 1.78. The summed E-state index contributed by atoms with van der Waals surface area (Å²) in [5.41, 5.74) is 0.815. The largest absolute Gasteiger partial charge is 0.445 e. The number of amides is 1. The summed E-state index contributed by atoms with van der Waals surface area (Å²) in [6, 6.07) is 14.3. The van der Waals surface area contributed by atoms with Crippen LogP contribution >= 0.6 is 18.0 Å². The van der Waals surface area contributed by atoms with Crippen molar-refractivity contribution >= 4 is 24.0 Å². The maximum Gasteiger partial charge on any atom is 0.407 e. The van der Waals surface area contributed by atoms with Crippen LogP contribution in [0.25, 0.3) is 0 Å². The summed E-state index contributed by atoms with van der Waals surface area (Å²) in [6.45, 7) is -3.62. The molecule has 23 heavy (non-hydrogen) atoms. The Labute approximate surface area is 137 Å². The van der Waals surface area contributed by atoms with E-state index >= 15 is 0 Å². The third-order valence-corrected chi connectivity index (χ3v) is 5.90. The van der Waals surface area contributed by atoms with Gasteiger partial charge in [0.25, 0.3) is 6.57 Å². The number of nitrogens with one attached hydrogen (secondary N) is 1. The zero-order valence-electron chi connectivity index (χ0n) is 12.0. The van der Waals surface area contributed by atoms with Gasteiger partial charge in [-0.3, -0.25) is 4.57 Å². The molecular formula is C15H15FNO4PS. The number of carbonyl (C=O) groups is 1. The SMILES string of the molecule is O=C(NCP(=O)(O)Sc1ccc(F)cc1)OCc1ccccc1. The van der Waals surface area contributed by atoms with E-state index in [1.165, 1.54) is 24.3 Å². The molecule has 0 bridgehead atoms. The Hall–Kier alpha value is -1.82. The lowest BCUT2D eigenvalue weighted by atomic mass is 10.2. The molecular weight excluding hydrogens is 340 g/mol. The van der Waals surface area contributed by atoms with Gasteiger partial charge >= 0.3 is 6.09 Å². The second-order valence-electron chi connectivity index (χ2n) is 4.58. The van der Waals surface area contributed by atoms with Crippen molar-refractivity contribution in [3.05, 3.63) is 66.0 Å². The molecule has 0 fully saturated rings. The number of hydrogen-bond donors (Lipinski definition) is 2. The molecule has 0 heterocycles. The predicted molar refractivity (Wildman–Crippen MR) is 86.7 cm³/mol. The number of alkyl carbamates (subject to hydrolysis) is 1. The first-order valence-corrected chi connectivity index (χ1v) is 9.93. The van der Waals surface area contributed by atoms with Crippen LogP contribution in [0, 0.1) is 5.82 Å². The van der Waals surface area contributed by atoms with Crippen molar-refractivity contribution in [1.82, 2.24) is 5.32 Å². The molecule has 1 atom stereocenters. The minimum atomic E-state index is -3.70. The highest BCUT2D eigenvalue weighted by Crippen LogP contribution is 2.57. The molecule has 0 spiro atoms. The molecule has 2 aromatic carbocycles. The van der Waals surface area contributed by atoms with Crippen LogP contribution in [0.4, 0.5) is 9.18 Å². The summed E-state index contributed by atoms with van der Waals surface area (Å²) in [7, 11) is 0. The van der Waals surface area contributed by atoms with E-state index in [9.17, 15) is 18.6 Å². The van der Waals surface area contributed by atoms with Gasteiger partial charge in [0.1, 0.15) is 18.7 Å². The fourth-order valence-electron chi connectivity index (χ4n) is 1.63. The van der Waals surface area contributed by atoms with E-state index in [0.29, 0.717) is 16.3 Å². The zero-order valence-corrected chi connectivity index (χ0v) is 13.7. The molecule has 8 heteroatoms. The van der Waals surface area contributed by atoms with Gasteiger partial charge in [0.2, 0.25) is 0 Å². The predicted octanol–water partition coefficient (Wildman–Crippen LogP) is 3.99. The van der Waals surface area contributed by atoms with Gasteiger partial charge in [-0.15, -0.1) is 0 Å². The van der Waals surface area contributed by atoms with Gasteiger partial charge in [-0.2, -0.15) is 0 Å². The normalized spacial score (nSPS) is 13.1. The maximum atomic E-state index is 12.8. The quantitative estimate of drug-likeness (QED) is 0.767. The topological polar surface area (TPSA) is 75.6 Å². The summed E-state index contributed by atoms with van der Waals surface area (Å²) in [5, 5.41) is 2.26. The van der Waals surface area contributed by atoms with E-state index in [0.717, 1.165) is 5.56 Å². The number of rotatable bonds is 6. The lowest BCUT2D eigenvalue weighted by Gasteiger charge is -2.12. The third kappa shape index (κ3) is 6.44. The van der Waals surface area contributed by atoms with Crippen LogP contribution in [0.2, 0.25) is 0 Å². The summed E-state index contributed by atoms with van der Waals surface area (Å²) in [5.74, 6) is -0.426. The van der Waals surface area contributed by atoms with E-state index < -0.39 is 24.8 Å². The van der Waals surface area contributed by atoms with Gasteiger partial charge in [-0.25, -0.2) is 9.18 Å². The van der Waals surface area contributed by atoms with Crippen LogP contribution in [0.5, 0.6) is 0 Å². The van der Waals surface area contributed by atoms with E-state index in [4.69, 9.17) is 4.74 Å². The Bertz CT molecular complexity index is 696. The fourth-order valence-corrected chi connectivity index (χ4v) is 4.35. The monoisotopic (exact) mass is 355 g/mol. The van der Waals surface area contributed by atoms with E-state index in [1.54, 1.807) is 12.1 Å². The average molecular weight is 355 g/mol. The summed E-state index contributed by atoms with van der Waals surface area (Å²) in [4.78, 5) is 21.8. The first-order chi connectivity index (χ1) is 10.9. The minimum Gasteiger partial charge on any atom is -0.445 e. The van der Waals surface area contributed by atoms with Crippen LogP contribution in [0.15, 0.2) is 59.5 Å². The van der Waals surface area contributed by atoms with Crippen molar-refractivity contribution in [3.8, 4) is 0 Å². The van der Waals surface area contributed by atoms with Gasteiger partial charge in [-0.1, -0.05) is 30.3 Å². The lowest BCUT2D eigenvalue weighted by Crippen LogP contribution is -2.24. The number of benzene rings is 2. The van der Waals surface area contributed by atoms with Crippen LogP contribution in [-0.2, 0) is 15.9 Å². The minimum absolute atomic E-state index is 0.0769. The highest BCUT2D eigenvalue weighted by molar-refractivity contribution is 8.56. The first kappa shape index (κ1) is 17.5. The second-order valence-corrected chi connectivity index (χ2v) is 9.08. The highest BCUT2D eigenvalue weighted by atomic mass is 32.7. The first-order valence-electron chi connectivity index (χ1n) is 6.66. The molecule has 0 saturated carbocycles. The van der Waals surface area contributed by atoms with Crippen molar-refractivity contribution in [2.45, 2.75) is 11.5 Å². The third-order valence-electron chi connectivity index (χ3n) is 2.70. The molecule has 0 saturated heterocycles. The van der Waals surface area contributed by atoms with Crippen molar-refractivity contribution in [3.63, 3.8) is 0 Å². The van der Waals surface area contributed by atoms with Gasteiger partial charge < -0.3 is 14.9 Å². The van der Waals surface area contributed by atoms with E-state index in [1.807, 2.05) is 18.2 Å². The maximum absolute atomic E-state index is 12.8. The average Bonchev–Trinajstić information content (AvgIpc) is 2.54. The Morgan fingerprint density at radius 3 is 2.48 bits per heavy atom. The molecule has 2 N–H and O–H groups in total. The number of hydrogen-bond acceptors (Lipinski definition) is 4. The molecule has 0 aromatic heterocycles. The number of ether oxygens (including phenoxy) is 1. The molecule has 122 valence electrons. The summed E-state index contributed by atoms with van der Waals surface area (Å²) >= 11 is 0.685. The summed E-state index contributed by atoms with van der Waals surface area (Å²) < 4.78 is 29.7.